The highest BCUT2D eigenvalue weighted by atomic mass is 35.5. The molecule has 0 unspecified atom stereocenters. The third-order valence-electron chi connectivity index (χ3n) is 2.70. The van der Waals surface area contributed by atoms with Crippen molar-refractivity contribution in [3.05, 3.63) is 58.1 Å². The summed E-state index contributed by atoms with van der Waals surface area (Å²) in [4.78, 5) is 11.9. The minimum absolute atomic E-state index is 0.127. The number of carbonyl (C=O) groups excluding carboxylic acids is 1. The van der Waals surface area contributed by atoms with Crippen molar-refractivity contribution in [2.45, 2.75) is 6.92 Å². The van der Waals surface area contributed by atoms with Gasteiger partial charge in [0, 0.05) is 11.1 Å². The van der Waals surface area contributed by atoms with Crippen LogP contribution >= 0.6 is 11.6 Å². The monoisotopic (exact) mass is 297 g/mol. The van der Waals surface area contributed by atoms with Gasteiger partial charge in [-0.15, -0.1) is 0 Å². The SMILES string of the molecule is Cc1cc(F)c(NC(=O)c2cc(Cl)ccc2O)cc1F. The molecule has 3 nitrogen and oxygen atoms in total. The topological polar surface area (TPSA) is 49.3 Å². The van der Waals surface area contributed by atoms with Crippen LogP contribution in [0.4, 0.5) is 14.5 Å². The molecule has 0 aliphatic heterocycles. The maximum absolute atomic E-state index is 13.6. The van der Waals surface area contributed by atoms with E-state index in [9.17, 15) is 18.7 Å². The summed E-state index contributed by atoms with van der Waals surface area (Å²) in [5.41, 5.74) is -0.304. The number of amides is 1. The maximum Gasteiger partial charge on any atom is 0.259 e. The number of phenols is 1. The van der Waals surface area contributed by atoms with E-state index in [4.69, 9.17) is 11.6 Å². The Hall–Kier alpha value is -2.14. The van der Waals surface area contributed by atoms with Gasteiger partial charge in [0.25, 0.3) is 5.91 Å². The lowest BCUT2D eigenvalue weighted by atomic mass is 10.1. The summed E-state index contributed by atoms with van der Waals surface area (Å²) < 4.78 is 27.0. The number of aryl methyl sites for hydroxylation is 1. The molecule has 0 heterocycles. The Kier molecular flexibility index (Phi) is 3.90. The number of aromatic hydroxyl groups is 1. The molecule has 2 N–H and O–H groups in total. The molecule has 0 aliphatic carbocycles. The molecule has 2 aromatic rings. The lowest BCUT2D eigenvalue weighted by Crippen LogP contribution is -2.13. The molecule has 0 saturated carbocycles. The van der Waals surface area contributed by atoms with Gasteiger partial charge >= 0.3 is 0 Å². The second kappa shape index (κ2) is 5.46. The molecule has 2 rings (SSSR count). The van der Waals surface area contributed by atoms with Crippen molar-refractivity contribution >= 4 is 23.2 Å². The summed E-state index contributed by atoms with van der Waals surface area (Å²) in [6.07, 6.45) is 0. The summed E-state index contributed by atoms with van der Waals surface area (Å²) >= 11 is 5.72. The van der Waals surface area contributed by atoms with E-state index < -0.39 is 17.5 Å². The average molecular weight is 298 g/mol. The van der Waals surface area contributed by atoms with Gasteiger partial charge in [-0.1, -0.05) is 11.6 Å². The van der Waals surface area contributed by atoms with Gasteiger partial charge in [0.1, 0.15) is 17.4 Å². The highest BCUT2D eigenvalue weighted by molar-refractivity contribution is 6.31. The molecule has 6 heteroatoms. The van der Waals surface area contributed by atoms with Crippen molar-refractivity contribution in [3.8, 4) is 5.75 Å². The predicted molar refractivity (Wildman–Crippen MR) is 72.2 cm³/mol. The molecule has 1 amide bonds. The van der Waals surface area contributed by atoms with E-state index in [1.54, 1.807) is 0 Å². The Morgan fingerprint density at radius 2 is 1.90 bits per heavy atom. The summed E-state index contributed by atoms with van der Waals surface area (Å²) in [6, 6.07) is 5.73. The summed E-state index contributed by atoms with van der Waals surface area (Å²) in [6.45, 7) is 1.41. The normalized spacial score (nSPS) is 10.4. The van der Waals surface area contributed by atoms with Crippen LogP contribution in [0.25, 0.3) is 0 Å². The highest BCUT2D eigenvalue weighted by Crippen LogP contribution is 2.24. The zero-order valence-corrected chi connectivity index (χ0v) is 11.1. The highest BCUT2D eigenvalue weighted by Gasteiger charge is 2.15. The number of nitrogens with one attached hydrogen (secondary N) is 1. The fourth-order valence-electron chi connectivity index (χ4n) is 1.62. The summed E-state index contributed by atoms with van der Waals surface area (Å²) in [5.74, 6) is -2.50. The third-order valence-corrected chi connectivity index (χ3v) is 2.93. The first-order valence-corrected chi connectivity index (χ1v) is 6.02. The van der Waals surface area contributed by atoms with E-state index in [2.05, 4.69) is 5.32 Å². The summed E-state index contributed by atoms with van der Waals surface area (Å²) in [5, 5.41) is 12.0. The van der Waals surface area contributed by atoms with E-state index in [1.165, 1.54) is 25.1 Å². The van der Waals surface area contributed by atoms with Gasteiger partial charge in [0.15, 0.2) is 0 Å². The van der Waals surface area contributed by atoms with Gasteiger partial charge < -0.3 is 10.4 Å². The van der Waals surface area contributed by atoms with Gasteiger partial charge in [-0.3, -0.25) is 4.79 Å². The van der Waals surface area contributed by atoms with Gasteiger partial charge in [-0.2, -0.15) is 0 Å². The van der Waals surface area contributed by atoms with Crippen LogP contribution in [-0.2, 0) is 0 Å². The first-order valence-electron chi connectivity index (χ1n) is 5.64. The van der Waals surface area contributed by atoms with Crippen LogP contribution in [0.1, 0.15) is 15.9 Å². The van der Waals surface area contributed by atoms with Crippen LogP contribution in [0.15, 0.2) is 30.3 Å². The molecule has 2 aromatic carbocycles. The van der Waals surface area contributed by atoms with Crippen molar-refractivity contribution in [2.75, 3.05) is 5.32 Å². The van der Waals surface area contributed by atoms with Gasteiger partial charge in [-0.05, 0) is 36.8 Å². The van der Waals surface area contributed by atoms with Crippen LogP contribution < -0.4 is 5.32 Å². The van der Waals surface area contributed by atoms with Crippen LogP contribution in [0.3, 0.4) is 0 Å². The minimum Gasteiger partial charge on any atom is -0.507 e. The van der Waals surface area contributed by atoms with E-state index in [-0.39, 0.29) is 27.6 Å². The molecule has 0 spiro atoms. The smallest absolute Gasteiger partial charge is 0.259 e. The van der Waals surface area contributed by atoms with E-state index in [0.29, 0.717) is 0 Å². The fourth-order valence-corrected chi connectivity index (χ4v) is 1.79. The Morgan fingerprint density at radius 1 is 1.20 bits per heavy atom. The van der Waals surface area contributed by atoms with Crippen molar-refractivity contribution < 1.29 is 18.7 Å². The van der Waals surface area contributed by atoms with Gasteiger partial charge in [0.05, 0.1) is 11.3 Å². The Bertz CT molecular complexity index is 689. The predicted octanol–water partition coefficient (Wildman–Crippen LogP) is 3.88. The van der Waals surface area contributed by atoms with Crippen LogP contribution in [0.5, 0.6) is 5.75 Å². The Morgan fingerprint density at radius 3 is 2.60 bits per heavy atom. The van der Waals surface area contributed by atoms with Crippen molar-refractivity contribution in [3.63, 3.8) is 0 Å². The number of benzene rings is 2. The van der Waals surface area contributed by atoms with Crippen LogP contribution in [0, 0.1) is 18.6 Å². The molecular weight excluding hydrogens is 288 g/mol. The second-order valence-corrected chi connectivity index (χ2v) is 4.63. The van der Waals surface area contributed by atoms with Crippen LogP contribution in [-0.4, -0.2) is 11.0 Å². The molecule has 0 saturated heterocycles. The van der Waals surface area contributed by atoms with Crippen LogP contribution in [0.2, 0.25) is 5.02 Å². The molecule has 0 atom stereocenters. The number of halogens is 3. The Labute approximate surface area is 118 Å². The number of phenolic OH excluding ortho intramolecular Hbond substituents is 1. The first-order chi connectivity index (χ1) is 9.38. The third kappa shape index (κ3) is 2.88. The Balaban J connectivity index is 2.32. The van der Waals surface area contributed by atoms with Gasteiger partial charge in [0.2, 0.25) is 0 Å². The molecule has 0 aliphatic rings. The van der Waals surface area contributed by atoms with E-state index in [0.717, 1.165) is 12.1 Å². The lowest BCUT2D eigenvalue weighted by Gasteiger charge is -2.09. The molecule has 0 aromatic heterocycles. The van der Waals surface area contributed by atoms with Crippen molar-refractivity contribution in [1.82, 2.24) is 0 Å². The first kappa shape index (κ1) is 14.3. The summed E-state index contributed by atoms with van der Waals surface area (Å²) in [7, 11) is 0. The standard InChI is InChI=1S/C14H10ClF2NO2/c1-7-4-11(17)12(6-10(7)16)18-14(20)9-5-8(15)2-3-13(9)19/h2-6,19H,1H3,(H,18,20). The number of carbonyl (C=O) groups is 1. The van der Waals surface area contributed by atoms with Crippen molar-refractivity contribution in [2.24, 2.45) is 0 Å². The number of hydrogen-bond donors (Lipinski definition) is 2. The quantitative estimate of drug-likeness (QED) is 0.883. The number of rotatable bonds is 2. The zero-order valence-electron chi connectivity index (χ0n) is 10.4. The molecule has 0 bridgehead atoms. The molecular formula is C14H10ClF2NO2. The minimum atomic E-state index is -0.785. The maximum atomic E-state index is 13.6. The largest absolute Gasteiger partial charge is 0.507 e. The van der Waals surface area contributed by atoms with E-state index in [1.807, 2.05) is 0 Å². The zero-order chi connectivity index (χ0) is 14.9. The lowest BCUT2D eigenvalue weighted by molar-refractivity contribution is 0.102. The molecule has 20 heavy (non-hydrogen) atoms. The average Bonchev–Trinajstić information content (AvgIpc) is 2.38. The van der Waals surface area contributed by atoms with Crippen molar-refractivity contribution in [1.29, 1.82) is 0 Å². The van der Waals surface area contributed by atoms with Gasteiger partial charge in [-0.25, -0.2) is 8.78 Å². The van der Waals surface area contributed by atoms with E-state index >= 15 is 0 Å². The molecule has 104 valence electrons. The number of anilines is 1. The number of hydrogen-bond acceptors (Lipinski definition) is 2. The molecule has 0 fully saturated rings. The second-order valence-electron chi connectivity index (χ2n) is 4.20. The fraction of sp³-hybridized carbons (Fsp3) is 0.0714. The molecule has 0 radical (unpaired) electrons.